The number of fused-ring (bicyclic) bond motifs is 1. The summed E-state index contributed by atoms with van der Waals surface area (Å²) in [7, 11) is -0.906. The maximum Gasteiger partial charge on any atom is 0.491 e. The van der Waals surface area contributed by atoms with Gasteiger partial charge in [0.2, 0.25) is 0 Å². The molecule has 0 saturated carbocycles. The lowest BCUT2D eigenvalue weighted by Gasteiger charge is -2.07. The first-order valence-corrected chi connectivity index (χ1v) is 4.97. The van der Waals surface area contributed by atoms with Gasteiger partial charge in [0.25, 0.3) is 0 Å². The van der Waals surface area contributed by atoms with Crippen molar-refractivity contribution < 1.29 is 19.6 Å². The Bertz CT molecular complexity index is 423. The van der Waals surface area contributed by atoms with Gasteiger partial charge in [-0.3, -0.25) is 4.79 Å². The summed E-state index contributed by atoms with van der Waals surface area (Å²) in [6.45, 7) is 0.391. The molecule has 16 heavy (non-hydrogen) atoms. The highest BCUT2D eigenvalue weighted by atomic mass is 16.5. The fourth-order valence-corrected chi connectivity index (χ4v) is 1.73. The summed E-state index contributed by atoms with van der Waals surface area (Å²) in [4.78, 5) is 10.6. The van der Waals surface area contributed by atoms with E-state index in [2.05, 4.69) is 0 Å². The third-order valence-electron chi connectivity index (χ3n) is 2.65. The van der Waals surface area contributed by atoms with Crippen molar-refractivity contribution in [2.45, 2.75) is 19.1 Å². The first kappa shape index (κ1) is 11.1. The first-order chi connectivity index (χ1) is 7.58. The van der Waals surface area contributed by atoms with Gasteiger partial charge in [0.05, 0.1) is 6.61 Å². The Morgan fingerprint density at radius 1 is 1.62 bits per heavy atom. The molecule has 0 amide bonds. The van der Waals surface area contributed by atoms with Gasteiger partial charge in [-0.2, -0.15) is 0 Å². The van der Waals surface area contributed by atoms with Crippen molar-refractivity contribution in [2.75, 3.05) is 0 Å². The van der Waals surface area contributed by atoms with Crippen LogP contribution in [0.4, 0.5) is 0 Å². The summed E-state index contributed by atoms with van der Waals surface area (Å²) < 4.78 is 5.04. The zero-order valence-electron chi connectivity index (χ0n) is 8.59. The molecule has 0 aliphatic carbocycles. The molecule has 0 spiro atoms. The highest BCUT2D eigenvalue weighted by molar-refractivity contribution is 6.61. The zero-order chi connectivity index (χ0) is 11.7. The van der Waals surface area contributed by atoms with Crippen molar-refractivity contribution in [3.05, 3.63) is 29.3 Å². The minimum Gasteiger partial charge on any atom is -0.480 e. The number of carbonyl (C=O) groups is 1. The van der Waals surface area contributed by atoms with Crippen LogP contribution in [-0.4, -0.2) is 29.3 Å². The van der Waals surface area contributed by atoms with E-state index in [0.717, 1.165) is 11.1 Å². The molecule has 1 atom stereocenters. The Morgan fingerprint density at radius 3 is 3.06 bits per heavy atom. The lowest BCUT2D eigenvalue weighted by Crippen LogP contribution is -2.33. The smallest absolute Gasteiger partial charge is 0.480 e. The molecular weight excluding hydrogens is 209 g/mol. The standard InChI is InChI=1S/C10H12BNO4/c12-9(10(13)14)4-6-1-2-7-5-16-11(15)8(7)3-6/h1-3,9,15H,4-5,12H2,(H,13,14). The third kappa shape index (κ3) is 2.09. The molecule has 2 rings (SSSR count). The summed E-state index contributed by atoms with van der Waals surface area (Å²) in [5.74, 6) is -1.03. The Balaban J connectivity index is 2.18. The Morgan fingerprint density at radius 2 is 2.38 bits per heavy atom. The summed E-state index contributed by atoms with van der Waals surface area (Å²) in [5, 5.41) is 18.2. The monoisotopic (exact) mass is 221 g/mol. The van der Waals surface area contributed by atoms with E-state index in [4.69, 9.17) is 15.5 Å². The van der Waals surface area contributed by atoms with Gasteiger partial charge in [-0.1, -0.05) is 18.2 Å². The fraction of sp³-hybridized carbons (Fsp3) is 0.300. The van der Waals surface area contributed by atoms with E-state index in [-0.39, 0.29) is 6.42 Å². The molecule has 0 fully saturated rings. The molecule has 1 aromatic rings. The van der Waals surface area contributed by atoms with Gasteiger partial charge in [-0.05, 0) is 23.0 Å². The van der Waals surface area contributed by atoms with Gasteiger partial charge < -0.3 is 20.5 Å². The minimum atomic E-state index is -1.03. The van der Waals surface area contributed by atoms with Gasteiger partial charge >= 0.3 is 13.1 Å². The third-order valence-corrected chi connectivity index (χ3v) is 2.65. The normalized spacial score (nSPS) is 16.0. The second-order valence-corrected chi connectivity index (χ2v) is 3.85. The Labute approximate surface area is 93.0 Å². The minimum absolute atomic E-state index is 0.245. The van der Waals surface area contributed by atoms with Gasteiger partial charge in [0.15, 0.2) is 0 Å². The van der Waals surface area contributed by atoms with Crippen LogP contribution < -0.4 is 11.2 Å². The lowest BCUT2D eigenvalue weighted by atomic mass is 9.78. The molecule has 1 aromatic carbocycles. The lowest BCUT2D eigenvalue weighted by molar-refractivity contribution is -0.138. The highest BCUT2D eigenvalue weighted by Crippen LogP contribution is 2.12. The van der Waals surface area contributed by atoms with Crippen LogP contribution in [0.3, 0.4) is 0 Å². The van der Waals surface area contributed by atoms with Crippen molar-refractivity contribution >= 4 is 18.6 Å². The summed E-state index contributed by atoms with van der Waals surface area (Å²) in [6, 6.07) is 4.46. The molecule has 1 aliphatic heterocycles. The maximum atomic E-state index is 10.6. The van der Waals surface area contributed by atoms with Crippen LogP contribution in [0.5, 0.6) is 0 Å². The number of benzene rings is 1. The van der Waals surface area contributed by atoms with E-state index in [9.17, 15) is 9.82 Å². The summed E-state index contributed by atoms with van der Waals surface area (Å²) >= 11 is 0. The molecular formula is C10H12BNO4. The van der Waals surface area contributed by atoms with E-state index in [0.29, 0.717) is 12.1 Å². The highest BCUT2D eigenvalue weighted by Gasteiger charge is 2.27. The van der Waals surface area contributed by atoms with Crippen molar-refractivity contribution in [1.82, 2.24) is 0 Å². The average Bonchev–Trinajstić information content (AvgIpc) is 2.60. The van der Waals surface area contributed by atoms with Gasteiger partial charge in [-0.15, -0.1) is 0 Å². The average molecular weight is 221 g/mol. The van der Waals surface area contributed by atoms with E-state index in [1.165, 1.54) is 0 Å². The van der Waals surface area contributed by atoms with E-state index in [1.807, 2.05) is 12.1 Å². The van der Waals surface area contributed by atoms with Gasteiger partial charge in [0.1, 0.15) is 6.04 Å². The van der Waals surface area contributed by atoms with Crippen LogP contribution in [0, 0.1) is 0 Å². The van der Waals surface area contributed by atoms with Crippen LogP contribution in [0.15, 0.2) is 18.2 Å². The molecule has 6 heteroatoms. The zero-order valence-corrected chi connectivity index (χ0v) is 8.59. The number of carboxylic acids is 1. The number of rotatable bonds is 3. The van der Waals surface area contributed by atoms with E-state index in [1.54, 1.807) is 6.07 Å². The second kappa shape index (κ2) is 4.25. The quantitative estimate of drug-likeness (QED) is 0.561. The Hall–Kier alpha value is -1.37. The van der Waals surface area contributed by atoms with Crippen LogP contribution in [-0.2, 0) is 22.5 Å². The van der Waals surface area contributed by atoms with Crippen LogP contribution in [0.2, 0.25) is 0 Å². The van der Waals surface area contributed by atoms with Crippen molar-refractivity contribution in [1.29, 1.82) is 0 Å². The molecule has 5 nitrogen and oxygen atoms in total. The topological polar surface area (TPSA) is 92.8 Å². The van der Waals surface area contributed by atoms with Crippen molar-refractivity contribution in [2.24, 2.45) is 5.73 Å². The number of carboxylic acid groups (broad SMARTS) is 1. The molecule has 1 unspecified atom stereocenters. The van der Waals surface area contributed by atoms with Crippen molar-refractivity contribution in [3.8, 4) is 0 Å². The second-order valence-electron chi connectivity index (χ2n) is 3.85. The number of nitrogens with two attached hydrogens (primary N) is 1. The van der Waals surface area contributed by atoms with Crippen LogP contribution in [0.1, 0.15) is 11.1 Å². The molecule has 1 heterocycles. The molecule has 1 aliphatic rings. The van der Waals surface area contributed by atoms with E-state index >= 15 is 0 Å². The maximum absolute atomic E-state index is 10.6. The summed E-state index contributed by atoms with van der Waals surface area (Å²) in [5.41, 5.74) is 7.86. The predicted molar refractivity (Wildman–Crippen MR) is 58.2 cm³/mol. The molecule has 0 saturated heterocycles. The molecule has 84 valence electrons. The van der Waals surface area contributed by atoms with Crippen LogP contribution in [0.25, 0.3) is 0 Å². The number of aliphatic carboxylic acids is 1. The number of hydrogen-bond donors (Lipinski definition) is 3. The summed E-state index contributed by atoms with van der Waals surface area (Å²) in [6.07, 6.45) is 0.245. The van der Waals surface area contributed by atoms with Gasteiger partial charge in [0, 0.05) is 0 Å². The first-order valence-electron chi connectivity index (χ1n) is 4.97. The SMILES string of the molecule is NC(Cc1ccc2c(c1)B(O)OC2)C(=O)O. The molecule has 0 bridgehead atoms. The molecule has 0 aromatic heterocycles. The van der Waals surface area contributed by atoms with E-state index < -0.39 is 19.1 Å². The largest absolute Gasteiger partial charge is 0.491 e. The molecule has 4 N–H and O–H groups in total. The van der Waals surface area contributed by atoms with Crippen molar-refractivity contribution in [3.63, 3.8) is 0 Å². The molecule has 0 radical (unpaired) electrons. The Kier molecular flexibility index (Phi) is 2.96. The van der Waals surface area contributed by atoms with Gasteiger partial charge in [-0.25, -0.2) is 0 Å². The number of hydrogen-bond acceptors (Lipinski definition) is 4. The van der Waals surface area contributed by atoms with Crippen LogP contribution >= 0.6 is 0 Å². The predicted octanol–water partition coefficient (Wildman–Crippen LogP) is -1.14. The fourth-order valence-electron chi connectivity index (χ4n) is 1.73.